The van der Waals surface area contributed by atoms with Crippen LogP contribution in [0.25, 0.3) is 0 Å². The molecule has 0 spiro atoms. The maximum atomic E-state index is 12.4. The van der Waals surface area contributed by atoms with Crippen molar-refractivity contribution in [1.29, 1.82) is 0 Å². The van der Waals surface area contributed by atoms with Gasteiger partial charge in [0.25, 0.3) is 0 Å². The molecular weight excluding hydrogens is 248 g/mol. The maximum Gasteiger partial charge on any atom is 0.232 e. The zero-order valence-corrected chi connectivity index (χ0v) is 10.6. The number of hydrogen-bond acceptors (Lipinski definition) is 5. The van der Waals surface area contributed by atoms with Gasteiger partial charge in [0, 0.05) is 17.5 Å². The number of allylic oxidation sites excluding steroid dienone is 1. The number of carbonyl (C=O) groups is 2. The monoisotopic (exact) mass is 260 g/mol. The van der Waals surface area contributed by atoms with E-state index >= 15 is 0 Å². The van der Waals surface area contributed by atoms with Gasteiger partial charge in [-0.1, -0.05) is 0 Å². The summed E-state index contributed by atoms with van der Waals surface area (Å²) in [7, 11) is 1.52. The quantitative estimate of drug-likeness (QED) is 0.723. The lowest BCUT2D eigenvalue weighted by molar-refractivity contribution is -0.295. The van der Waals surface area contributed by atoms with Crippen LogP contribution in [0.2, 0.25) is 0 Å². The summed E-state index contributed by atoms with van der Waals surface area (Å²) in [5.41, 5.74) is 1.06. The normalized spacial score (nSPS) is 21.7. The Balaban J connectivity index is 2.14. The van der Waals surface area contributed by atoms with Crippen LogP contribution in [0.1, 0.15) is 34.1 Å². The molecule has 3 rings (SSSR count). The molecule has 1 aliphatic heterocycles. The van der Waals surface area contributed by atoms with E-state index in [1.807, 2.05) is 0 Å². The van der Waals surface area contributed by atoms with E-state index in [0.29, 0.717) is 28.9 Å². The van der Waals surface area contributed by atoms with E-state index in [1.54, 1.807) is 25.1 Å². The van der Waals surface area contributed by atoms with Gasteiger partial charge in [0.1, 0.15) is 11.9 Å². The molecule has 0 saturated heterocycles. The molecule has 1 aromatic carbocycles. The van der Waals surface area contributed by atoms with E-state index in [9.17, 15) is 9.59 Å². The number of methoxy groups -OCH3 is 1. The van der Waals surface area contributed by atoms with Crippen molar-refractivity contribution in [3.05, 3.63) is 40.7 Å². The van der Waals surface area contributed by atoms with Gasteiger partial charge in [-0.25, -0.2) is 0 Å². The molecule has 1 aliphatic carbocycles. The van der Waals surface area contributed by atoms with Gasteiger partial charge in [0.05, 0.1) is 12.7 Å². The highest BCUT2D eigenvalue weighted by molar-refractivity contribution is 6.26. The molecule has 2 aliphatic rings. The molecule has 1 unspecified atom stereocenters. The van der Waals surface area contributed by atoms with Gasteiger partial charge >= 0.3 is 0 Å². The number of ether oxygens (including phenoxy) is 1. The lowest BCUT2D eigenvalue weighted by atomic mass is 9.85. The number of fused-ring (bicyclic) bond motifs is 1. The molecule has 0 radical (unpaired) electrons. The first-order valence-corrected chi connectivity index (χ1v) is 5.95. The lowest BCUT2D eigenvalue weighted by Crippen LogP contribution is -2.30. The largest absolute Gasteiger partial charge is 0.497 e. The molecule has 0 N–H and O–H groups in total. The van der Waals surface area contributed by atoms with Gasteiger partial charge in [-0.15, -0.1) is 0 Å². The number of Topliss-reactive ketones (excluding diaryl/α,β-unsaturated/α-hetero) is 2. The Bertz CT molecular complexity index is 614. The van der Waals surface area contributed by atoms with E-state index in [0.717, 1.165) is 0 Å². The smallest absolute Gasteiger partial charge is 0.232 e. The Labute approximate surface area is 109 Å². The van der Waals surface area contributed by atoms with Crippen LogP contribution in [0.15, 0.2) is 29.5 Å². The van der Waals surface area contributed by atoms with Crippen molar-refractivity contribution in [3.8, 4) is 5.75 Å². The summed E-state index contributed by atoms with van der Waals surface area (Å²) in [4.78, 5) is 34.6. The van der Waals surface area contributed by atoms with E-state index < -0.39 is 0 Å². The minimum atomic E-state index is -0.320. The van der Waals surface area contributed by atoms with Crippen LogP contribution in [-0.4, -0.2) is 24.8 Å². The summed E-state index contributed by atoms with van der Waals surface area (Å²) in [6.07, 6.45) is 0.124. The van der Waals surface area contributed by atoms with E-state index in [2.05, 4.69) is 0 Å². The summed E-state index contributed by atoms with van der Waals surface area (Å²) in [5.74, 6) is 0.0450. The fourth-order valence-corrected chi connectivity index (χ4v) is 2.29. The Hall–Kier alpha value is -2.14. The van der Waals surface area contributed by atoms with Crippen LogP contribution >= 0.6 is 0 Å². The summed E-state index contributed by atoms with van der Waals surface area (Å²) in [5, 5.41) is 0. The van der Waals surface area contributed by atoms with Crippen molar-refractivity contribution < 1.29 is 24.1 Å². The van der Waals surface area contributed by atoms with Crippen molar-refractivity contribution in [2.75, 3.05) is 7.11 Å². The van der Waals surface area contributed by atoms with Gasteiger partial charge in [-0.3, -0.25) is 9.59 Å². The highest BCUT2D eigenvalue weighted by Crippen LogP contribution is 2.34. The molecule has 0 fully saturated rings. The zero-order valence-electron chi connectivity index (χ0n) is 10.6. The van der Waals surface area contributed by atoms with Crippen molar-refractivity contribution in [2.45, 2.75) is 19.4 Å². The lowest BCUT2D eigenvalue weighted by Gasteiger charge is -2.26. The molecule has 19 heavy (non-hydrogen) atoms. The number of carbonyl (C=O) groups excluding carboxylic acids is 2. The molecule has 98 valence electrons. The molecule has 1 atom stereocenters. The first-order chi connectivity index (χ1) is 9.11. The van der Waals surface area contributed by atoms with E-state index in [-0.39, 0.29) is 23.4 Å². The second-order valence-electron chi connectivity index (χ2n) is 4.57. The molecule has 0 bridgehead atoms. The first-order valence-electron chi connectivity index (χ1n) is 5.95. The SMILES string of the molecule is COc1ccc2c(c1)C(=O)C1=C(OOC(C)C1)C2=O. The Morgan fingerprint density at radius 3 is 2.74 bits per heavy atom. The Kier molecular flexibility index (Phi) is 2.64. The second-order valence-corrected chi connectivity index (χ2v) is 4.57. The number of rotatable bonds is 1. The van der Waals surface area contributed by atoms with Crippen LogP contribution in [0, 0.1) is 0 Å². The van der Waals surface area contributed by atoms with Crippen molar-refractivity contribution >= 4 is 11.6 Å². The minimum Gasteiger partial charge on any atom is -0.497 e. The number of hydrogen-bond donors (Lipinski definition) is 0. The highest BCUT2D eigenvalue weighted by atomic mass is 17.2. The summed E-state index contributed by atoms with van der Waals surface area (Å²) < 4.78 is 5.09. The van der Waals surface area contributed by atoms with E-state index in [1.165, 1.54) is 7.11 Å². The van der Waals surface area contributed by atoms with Crippen molar-refractivity contribution in [2.24, 2.45) is 0 Å². The predicted octanol–water partition coefficient (Wildman–Crippen LogP) is 2.07. The zero-order chi connectivity index (χ0) is 13.6. The topological polar surface area (TPSA) is 61.8 Å². The third kappa shape index (κ3) is 1.74. The number of benzene rings is 1. The fraction of sp³-hybridized carbons (Fsp3) is 0.286. The summed E-state index contributed by atoms with van der Waals surface area (Å²) in [6, 6.07) is 4.79. The predicted molar refractivity (Wildman–Crippen MR) is 64.9 cm³/mol. The molecule has 5 nitrogen and oxygen atoms in total. The molecule has 1 heterocycles. The average molecular weight is 260 g/mol. The average Bonchev–Trinajstić information content (AvgIpc) is 2.44. The van der Waals surface area contributed by atoms with Gasteiger partial charge in [-0.05, 0) is 25.1 Å². The van der Waals surface area contributed by atoms with Crippen LogP contribution in [0.3, 0.4) is 0 Å². The molecule has 1 aromatic rings. The van der Waals surface area contributed by atoms with Gasteiger partial charge in [0.2, 0.25) is 11.5 Å². The highest BCUT2D eigenvalue weighted by Gasteiger charge is 2.38. The van der Waals surface area contributed by atoms with Crippen LogP contribution in [-0.2, 0) is 9.78 Å². The van der Waals surface area contributed by atoms with Crippen molar-refractivity contribution in [3.63, 3.8) is 0 Å². The maximum absolute atomic E-state index is 12.4. The third-order valence-electron chi connectivity index (χ3n) is 3.26. The molecular formula is C14H12O5. The third-order valence-corrected chi connectivity index (χ3v) is 3.26. The summed E-state index contributed by atoms with van der Waals surface area (Å²) in [6.45, 7) is 1.78. The minimum absolute atomic E-state index is 0.0146. The summed E-state index contributed by atoms with van der Waals surface area (Å²) >= 11 is 0. The second kappa shape index (κ2) is 4.20. The molecule has 0 saturated carbocycles. The van der Waals surface area contributed by atoms with Crippen molar-refractivity contribution in [1.82, 2.24) is 0 Å². The molecule has 0 aromatic heterocycles. The molecule has 0 amide bonds. The number of ketones is 2. The van der Waals surface area contributed by atoms with Gasteiger partial charge < -0.3 is 9.62 Å². The Morgan fingerprint density at radius 2 is 2.00 bits per heavy atom. The van der Waals surface area contributed by atoms with E-state index in [4.69, 9.17) is 14.5 Å². The fourth-order valence-electron chi connectivity index (χ4n) is 2.29. The molecule has 5 heteroatoms. The van der Waals surface area contributed by atoms with Crippen LogP contribution < -0.4 is 4.74 Å². The standard InChI is InChI=1S/C14H12O5/c1-7-5-11-12(15)10-6-8(17-2)3-4-9(10)13(16)14(11)19-18-7/h3-4,6-7H,5H2,1-2H3. The van der Waals surface area contributed by atoms with Gasteiger partial charge in [0.15, 0.2) is 5.78 Å². The van der Waals surface area contributed by atoms with Crippen LogP contribution in [0.5, 0.6) is 5.75 Å². The Morgan fingerprint density at radius 1 is 1.21 bits per heavy atom. The first kappa shape index (κ1) is 11.9. The van der Waals surface area contributed by atoms with Crippen LogP contribution in [0.4, 0.5) is 0 Å². The van der Waals surface area contributed by atoms with Gasteiger partial charge in [-0.2, -0.15) is 4.89 Å².